The van der Waals surface area contributed by atoms with Gasteiger partial charge in [0.25, 0.3) is 0 Å². The minimum atomic E-state index is 0.208. The van der Waals surface area contributed by atoms with Gasteiger partial charge in [-0.05, 0) is 44.6 Å². The van der Waals surface area contributed by atoms with Gasteiger partial charge in [-0.1, -0.05) is 0 Å². The first-order valence-electron chi connectivity index (χ1n) is 8.11. The number of ether oxygens (including phenoxy) is 1. The molecule has 0 radical (unpaired) electrons. The fourth-order valence-corrected chi connectivity index (χ4v) is 2.59. The van der Waals surface area contributed by atoms with Gasteiger partial charge in [0.15, 0.2) is 0 Å². The lowest BCUT2D eigenvalue weighted by atomic mass is 10.2. The molecule has 1 aromatic carbocycles. The molecule has 5 N–H and O–H groups in total. The number of fused-ring (bicyclic) bond motifs is 1. The molecule has 6 nitrogen and oxygen atoms in total. The Morgan fingerprint density at radius 2 is 1.91 bits per heavy atom. The Bertz CT molecular complexity index is 442. The van der Waals surface area contributed by atoms with Crippen molar-refractivity contribution in [3.8, 4) is 5.75 Å². The fourth-order valence-electron chi connectivity index (χ4n) is 2.59. The van der Waals surface area contributed by atoms with E-state index in [1.165, 1.54) is 0 Å². The average molecular weight is 308 g/mol. The van der Waals surface area contributed by atoms with Crippen molar-refractivity contribution >= 4 is 11.4 Å². The number of nitrogens with zero attached hydrogens (tertiary/aromatic N) is 1. The van der Waals surface area contributed by atoms with Crippen molar-refractivity contribution in [3.63, 3.8) is 0 Å². The molecule has 6 heteroatoms. The van der Waals surface area contributed by atoms with E-state index >= 15 is 0 Å². The molecule has 124 valence electrons. The standard InChI is InChI=1S/C16H28N4O2/c17-14-3-4-15-16(13-14)22-12-10-20(15)9-2-7-18-5-1-6-19-8-11-21/h3-4,13,18-19,21H,1-2,5-12,17H2. The summed E-state index contributed by atoms with van der Waals surface area (Å²) < 4.78 is 5.66. The molecule has 0 aromatic heterocycles. The van der Waals surface area contributed by atoms with Gasteiger partial charge in [-0.3, -0.25) is 0 Å². The predicted molar refractivity (Wildman–Crippen MR) is 90.6 cm³/mol. The molecule has 0 aliphatic carbocycles. The third kappa shape index (κ3) is 5.36. The van der Waals surface area contributed by atoms with Crippen LogP contribution in [0.25, 0.3) is 0 Å². The molecule has 1 aliphatic heterocycles. The summed E-state index contributed by atoms with van der Waals surface area (Å²) in [4.78, 5) is 2.36. The number of hydrogen-bond donors (Lipinski definition) is 4. The number of nitrogens with two attached hydrogens (primary N) is 1. The molecule has 0 bridgehead atoms. The van der Waals surface area contributed by atoms with E-state index < -0.39 is 0 Å². The zero-order valence-electron chi connectivity index (χ0n) is 13.2. The van der Waals surface area contributed by atoms with Crippen LogP contribution in [-0.2, 0) is 0 Å². The molecular weight excluding hydrogens is 280 g/mol. The van der Waals surface area contributed by atoms with Crippen LogP contribution in [0.15, 0.2) is 18.2 Å². The molecule has 0 spiro atoms. The third-order valence-corrected chi connectivity index (χ3v) is 3.72. The fraction of sp³-hybridized carbons (Fsp3) is 0.625. The summed E-state index contributed by atoms with van der Waals surface area (Å²) in [7, 11) is 0. The van der Waals surface area contributed by atoms with Crippen LogP contribution in [0.5, 0.6) is 5.75 Å². The Balaban J connectivity index is 1.60. The topological polar surface area (TPSA) is 82.8 Å². The minimum absolute atomic E-state index is 0.208. The molecule has 1 heterocycles. The maximum Gasteiger partial charge on any atom is 0.144 e. The summed E-state index contributed by atoms with van der Waals surface area (Å²) in [5.41, 5.74) is 7.69. The largest absolute Gasteiger partial charge is 0.489 e. The summed E-state index contributed by atoms with van der Waals surface area (Å²) in [5.74, 6) is 0.897. The minimum Gasteiger partial charge on any atom is -0.489 e. The van der Waals surface area contributed by atoms with E-state index in [4.69, 9.17) is 15.6 Å². The third-order valence-electron chi connectivity index (χ3n) is 3.72. The number of aliphatic hydroxyl groups excluding tert-OH is 1. The summed E-state index contributed by atoms with van der Waals surface area (Å²) in [5, 5.41) is 15.3. The Morgan fingerprint density at radius 1 is 1.14 bits per heavy atom. The van der Waals surface area contributed by atoms with Gasteiger partial charge in [-0.25, -0.2) is 0 Å². The molecule has 2 rings (SSSR count). The van der Waals surface area contributed by atoms with Crippen LogP contribution in [0.4, 0.5) is 11.4 Å². The van der Waals surface area contributed by atoms with Crippen molar-refractivity contribution < 1.29 is 9.84 Å². The van der Waals surface area contributed by atoms with Gasteiger partial charge >= 0.3 is 0 Å². The molecule has 1 aliphatic rings. The van der Waals surface area contributed by atoms with Crippen LogP contribution in [0.1, 0.15) is 12.8 Å². The lowest BCUT2D eigenvalue weighted by Crippen LogP contribution is -2.35. The number of nitrogen functional groups attached to an aromatic ring is 1. The molecular formula is C16H28N4O2. The van der Waals surface area contributed by atoms with Crippen LogP contribution in [0.3, 0.4) is 0 Å². The van der Waals surface area contributed by atoms with Gasteiger partial charge in [0.1, 0.15) is 12.4 Å². The number of aliphatic hydroxyl groups is 1. The second-order valence-corrected chi connectivity index (χ2v) is 5.49. The van der Waals surface area contributed by atoms with Gasteiger partial charge in [-0.15, -0.1) is 0 Å². The van der Waals surface area contributed by atoms with Crippen LogP contribution < -0.4 is 26.0 Å². The van der Waals surface area contributed by atoms with E-state index in [0.717, 1.165) is 69.3 Å². The lowest BCUT2D eigenvalue weighted by molar-refractivity contribution is 0.292. The molecule has 0 fully saturated rings. The first-order valence-corrected chi connectivity index (χ1v) is 8.11. The molecule has 0 saturated carbocycles. The molecule has 0 unspecified atom stereocenters. The number of benzene rings is 1. The van der Waals surface area contributed by atoms with E-state index in [0.29, 0.717) is 6.54 Å². The van der Waals surface area contributed by atoms with Crippen molar-refractivity contribution in [1.82, 2.24) is 10.6 Å². The highest BCUT2D eigenvalue weighted by Crippen LogP contribution is 2.33. The normalized spacial score (nSPS) is 13.8. The van der Waals surface area contributed by atoms with Crippen molar-refractivity contribution in [2.75, 3.05) is 63.1 Å². The maximum absolute atomic E-state index is 8.65. The number of anilines is 2. The van der Waals surface area contributed by atoms with Crippen LogP contribution in [-0.4, -0.2) is 57.6 Å². The Hall–Kier alpha value is -1.50. The highest BCUT2D eigenvalue weighted by atomic mass is 16.5. The summed E-state index contributed by atoms with van der Waals surface area (Å²) in [6.07, 6.45) is 2.19. The molecule has 1 aromatic rings. The smallest absolute Gasteiger partial charge is 0.144 e. The second kappa shape index (κ2) is 9.50. The van der Waals surface area contributed by atoms with Crippen LogP contribution in [0.2, 0.25) is 0 Å². The molecule has 0 amide bonds. The van der Waals surface area contributed by atoms with Crippen molar-refractivity contribution in [2.45, 2.75) is 12.8 Å². The molecule has 22 heavy (non-hydrogen) atoms. The van der Waals surface area contributed by atoms with E-state index in [1.807, 2.05) is 18.2 Å². The first kappa shape index (κ1) is 16.9. The highest BCUT2D eigenvalue weighted by molar-refractivity contribution is 5.65. The Morgan fingerprint density at radius 3 is 2.73 bits per heavy atom. The van der Waals surface area contributed by atoms with Crippen LogP contribution >= 0.6 is 0 Å². The van der Waals surface area contributed by atoms with E-state index in [-0.39, 0.29) is 6.61 Å². The highest BCUT2D eigenvalue weighted by Gasteiger charge is 2.17. The molecule has 0 saturated heterocycles. The van der Waals surface area contributed by atoms with Crippen molar-refractivity contribution in [3.05, 3.63) is 18.2 Å². The van der Waals surface area contributed by atoms with Gasteiger partial charge in [0.05, 0.1) is 18.8 Å². The monoisotopic (exact) mass is 308 g/mol. The number of hydrogen-bond acceptors (Lipinski definition) is 6. The van der Waals surface area contributed by atoms with Gasteiger partial charge in [0.2, 0.25) is 0 Å². The zero-order valence-corrected chi connectivity index (χ0v) is 13.2. The SMILES string of the molecule is Nc1ccc2c(c1)OCCN2CCCNCCCNCCO. The van der Waals surface area contributed by atoms with E-state index in [9.17, 15) is 0 Å². The zero-order chi connectivity index (χ0) is 15.6. The summed E-state index contributed by atoms with van der Waals surface area (Å²) in [6.45, 7) is 6.54. The number of nitrogens with one attached hydrogen (secondary N) is 2. The van der Waals surface area contributed by atoms with E-state index in [1.54, 1.807) is 0 Å². The average Bonchev–Trinajstić information content (AvgIpc) is 2.53. The van der Waals surface area contributed by atoms with Gasteiger partial charge < -0.3 is 31.1 Å². The van der Waals surface area contributed by atoms with Crippen molar-refractivity contribution in [1.29, 1.82) is 0 Å². The van der Waals surface area contributed by atoms with E-state index in [2.05, 4.69) is 15.5 Å². The summed E-state index contributed by atoms with van der Waals surface area (Å²) in [6, 6.07) is 5.88. The number of rotatable bonds is 10. The molecule has 0 atom stereocenters. The predicted octanol–water partition coefficient (Wildman–Crippen LogP) is 0.419. The Labute approximate surface area is 132 Å². The first-order chi connectivity index (χ1) is 10.8. The van der Waals surface area contributed by atoms with Gasteiger partial charge in [-0.2, -0.15) is 0 Å². The van der Waals surface area contributed by atoms with Crippen LogP contribution in [0, 0.1) is 0 Å². The quantitative estimate of drug-likeness (QED) is 0.370. The second-order valence-electron chi connectivity index (χ2n) is 5.49. The summed E-state index contributed by atoms with van der Waals surface area (Å²) >= 11 is 0. The lowest BCUT2D eigenvalue weighted by Gasteiger charge is -2.31. The Kier molecular flexibility index (Phi) is 7.28. The maximum atomic E-state index is 8.65. The van der Waals surface area contributed by atoms with Crippen molar-refractivity contribution in [2.24, 2.45) is 0 Å². The van der Waals surface area contributed by atoms with Gasteiger partial charge in [0, 0.05) is 24.8 Å².